The van der Waals surface area contributed by atoms with Gasteiger partial charge in [-0.1, -0.05) is 18.2 Å². The Kier molecular flexibility index (Phi) is 6.16. The van der Waals surface area contributed by atoms with Crippen LogP contribution in [0.15, 0.2) is 47.8 Å². The number of nitrogens with one attached hydrogen (secondary N) is 1. The average Bonchev–Trinajstić information content (AvgIpc) is 3.23. The molecule has 1 N–H and O–H groups in total. The lowest BCUT2D eigenvalue weighted by Gasteiger charge is -2.16. The highest BCUT2D eigenvalue weighted by molar-refractivity contribution is 7.13. The molecule has 28 heavy (non-hydrogen) atoms. The topological polar surface area (TPSA) is 69.7 Å². The van der Waals surface area contributed by atoms with Gasteiger partial charge in [-0.2, -0.15) is 0 Å². The van der Waals surface area contributed by atoms with Crippen LogP contribution in [-0.4, -0.2) is 32.2 Å². The molecule has 146 valence electrons. The Bertz CT molecular complexity index is 971. The number of amides is 1. The maximum Gasteiger partial charge on any atom is 0.271 e. The highest BCUT2D eigenvalue weighted by Crippen LogP contribution is 2.33. The summed E-state index contributed by atoms with van der Waals surface area (Å²) >= 11 is 1.40. The summed E-state index contributed by atoms with van der Waals surface area (Å²) in [6.07, 6.45) is 0. The lowest BCUT2D eigenvalue weighted by Crippen LogP contribution is -2.27. The monoisotopic (exact) mass is 398 g/mol. The van der Waals surface area contributed by atoms with Crippen LogP contribution >= 0.6 is 11.3 Å². The molecule has 1 aromatic heterocycles. The number of carbonyl (C=O) groups excluding carboxylic acids is 1. The first-order valence-electron chi connectivity index (χ1n) is 8.69. The van der Waals surface area contributed by atoms with Gasteiger partial charge in [0.1, 0.15) is 16.5 Å². The van der Waals surface area contributed by atoms with Gasteiger partial charge in [0.25, 0.3) is 5.91 Å². The minimum absolute atomic E-state index is 0.213. The summed E-state index contributed by atoms with van der Waals surface area (Å²) in [6.45, 7) is 1.91. The number of ether oxygens (including phenoxy) is 3. The molecule has 7 heteroatoms. The van der Waals surface area contributed by atoms with E-state index in [2.05, 4.69) is 10.3 Å². The predicted molar refractivity (Wildman–Crippen MR) is 110 cm³/mol. The van der Waals surface area contributed by atoms with Gasteiger partial charge < -0.3 is 19.5 Å². The van der Waals surface area contributed by atoms with E-state index >= 15 is 0 Å². The van der Waals surface area contributed by atoms with E-state index < -0.39 is 0 Å². The highest BCUT2D eigenvalue weighted by Gasteiger charge is 2.18. The minimum Gasteiger partial charge on any atom is -0.496 e. The van der Waals surface area contributed by atoms with Crippen LogP contribution in [0.5, 0.6) is 17.2 Å². The van der Waals surface area contributed by atoms with Crippen LogP contribution in [0.3, 0.4) is 0 Å². The Morgan fingerprint density at radius 2 is 1.71 bits per heavy atom. The zero-order valence-electron chi connectivity index (χ0n) is 16.2. The van der Waals surface area contributed by atoms with E-state index in [9.17, 15) is 4.79 Å². The molecule has 3 rings (SSSR count). The molecule has 0 aliphatic carbocycles. The molecule has 0 fully saturated rings. The second-order valence-electron chi connectivity index (χ2n) is 6.04. The van der Waals surface area contributed by atoms with Crippen molar-refractivity contribution in [3.05, 3.63) is 59.1 Å². The number of para-hydroxylation sites is 1. The van der Waals surface area contributed by atoms with Crippen LogP contribution in [0.2, 0.25) is 0 Å². The van der Waals surface area contributed by atoms with Crippen molar-refractivity contribution < 1.29 is 19.0 Å². The lowest BCUT2D eigenvalue weighted by atomic mass is 10.1. The third-order valence-corrected chi connectivity index (χ3v) is 5.21. The molecular formula is C21H22N2O4S. The number of rotatable bonds is 7. The van der Waals surface area contributed by atoms with Gasteiger partial charge in [-0.15, -0.1) is 11.3 Å². The molecule has 0 aliphatic rings. The van der Waals surface area contributed by atoms with Crippen LogP contribution in [0.4, 0.5) is 0 Å². The zero-order valence-corrected chi connectivity index (χ0v) is 17.0. The van der Waals surface area contributed by atoms with Crippen molar-refractivity contribution in [3.63, 3.8) is 0 Å². The number of thiazole rings is 1. The van der Waals surface area contributed by atoms with Gasteiger partial charge in [0.15, 0.2) is 11.5 Å². The van der Waals surface area contributed by atoms with Gasteiger partial charge in [-0.05, 0) is 31.2 Å². The molecular weight excluding hydrogens is 376 g/mol. The van der Waals surface area contributed by atoms with Crippen LogP contribution in [0.25, 0.3) is 10.6 Å². The summed E-state index contributed by atoms with van der Waals surface area (Å²) in [6, 6.07) is 12.9. The Labute approximate surface area is 168 Å². The van der Waals surface area contributed by atoms with Crippen molar-refractivity contribution in [2.75, 3.05) is 21.3 Å². The van der Waals surface area contributed by atoms with E-state index in [1.165, 1.54) is 11.3 Å². The van der Waals surface area contributed by atoms with Gasteiger partial charge in [-0.25, -0.2) is 4.98 Å². The van der Waals surface area contributed by atoms with Crippen LogP contribution in [0.1, 0.15) is 29.0 Å². The predicted octanol–water partition coefficient (Wildman–Crippen LogP) is 4.33. The van der Waals surface area contributed by atoms with E-state index in [4.69, 9.17) is 14.2 Å². The maximum atomic E-state index is 12.6. The number of methoxy groups -OCH3 is 3. The fourth-order valence-electron chi connectivity index (χ4n) is 2.85. The van der Waals surface area contributed by atoms with Crippen LogP contribution in [-0.2, 0) is 0 Å². The summed E-state index contributed by atoms with van der Waals surface area (Å²) in [5.74, 6) is 1.76. The van der Waals surface area contributed by atoms with Gasteiger partial charge >= 0.3 is 0 Å². The molecule has 0 bridgehead atoms. The van der Waals surface area contributed by atoms with Crippen LogP contribution in [0, 0.1) is 0 Å². The molecule has 1 heterocycles. The second-order valence-corrected chi connectivity index (χ2v) is 6.90. The number of hydrogen-bond donors (Lipinski definition) is 1. The third-order valence-electron chi connectivity index (χ3n) is 4.32. The normalized spacial score (nSPS) is 11.6. The summed E-state index contributed by atoms with van der Waals surface area (Å²) in [7, 11) is 4.79. The number of hydrogen-bond acceptors (Lipinski definition) is 6. The Morgan fingerprint density at radius 1 is 1.00 bits per heavy atom. The highest BCUT2D eigenvalue weighted by atomic mass is 32.1. The molecule has 2 aromatic carbocycles. The molecule has 1 amide bonds. The Balaban J connectivity index is 1.77. The minimum atomic E-state index is -0.235. The summed E-state index contributed by atoms with van der Waals surface area (Å²) in [4.78, 5) is 17.1. The van der Waals surface area contributed by atoms with E-state index in [1.54, 1.807) is 26.7 Å². The van der Waals surface area contributed by atoms with Crippen LogP contribution < -0.4 is 19.5 Å². The Morgan fingerprint density at radius 3 is 2.43 bits per heavy atom. The average molecular weight is 398 g/mol. The van der Waals surface area contributed by atoms with Crippen molar-refractivity contribution in [1.29, 1.82) is 0 Å². The smallest absolute Gasteiger partial charge is 0.271 e. The van der Waals surface area contributed by atoms with E-state index in [0.29, 0.717) is 17.2 Å². The number of aromatic nitrogens is 1. The Hall–Kier alpha value is -3.06. The van der Waals surface area contributed by atoms with Crippen molar-refractivity contribution in [3.8, 4) is 27.8 Å². The molecule has 6 nitrogen and oxygen atoms in total. The first-order valence-corrected chi connectivity index (χ1v) is 9.57. The van der Waals surface area contributed by atoms with Gasteiger partial charge in [0.05, 0.1) is 27.4 Å². The van der Waals surface area contributed by atoms with Crippen molar-refractivity contribution >= 4 is 17.2 Å². The second kappa shape index (κ2) is 8.75. The van der Waals surface area contributed by atoms with Crippen molar-refractivity contribution in [1.82, 2.24) is 10.3 Å². The standard InChI is InChI=1S/C21H22N2O4S/c1-13(15-7-5-6-8-17(15)25-2)22-20(24)16-12-28-21(23-16)14-9-10-18(26-3)19(11-14)27-4/h5-13H,1-4H3,(H,22,24). The molecule has 1 unspecified atom stereocenters. The van der Waals surface area contributed by atoms with Crippen molar-refractivity contribution in [2.45, 2.75) is 13.0 Å². The van der Waals surface area contributed by atoms with Gasteiger partial charge in [0.2, 0.25) is 0 Å². The number of nitrogens with zero attached hydrogens (tertiary/aromatic N) is 1. The summed E-state index contributed by atoms with van der Waals surface area (Å²) < 4.78 is 16.0. The fraction of sp³-hybridized carbons (Fsp3) is 0.238. The first-order chi connectivity index (χ1) is 13.6. The molecule has 0 spiro atoms. The molecule has 1 atom stereocenters. The van der Waals surface area contributed by atoms with Gasteiger partial charge in [-0.3, -0.25) is 4.79 Å². The largest absolute Gasteiger partial charge is 0.496 e. The number of benzene rings is 2. The molecule has 0 saturated carbocycles. The van der Waals surface area contributed by atoms with E-state index in [-0.39, 0.29) is 11.9 Å². The molecule has 0 saturated heterocycles. The van der Waals surface area contributed by atoms with E-state index in [1.807, 2.05) is 49.4 Å². The molecule has 0 radical (unpaired) electrons. The fourth-order valence-corrected chi connectivity index (χ4v) is 3.65. The summed E-state index contributed by atoms with van der Waals surface area (Å²) in [5, 5.41) is 5.45. The van der Waals surface area contributed by atoms with Crippen molar-refractivity contribution in [2.24, 2.45) is 0 Å². The third kappa shape index (κ3) is 4.09. The summed E-state index contributed by atoms with van der Waals surface area (Å²) in [5.41, 5.74) is 2.14. The lowest BCUT2D eigenvalue weighted by molar-refractivity contribution is 0.0935. The zero-order chi connectivity index (χ0) is 20.1. The maximum absolute atomic E-state index is 12.6. The number of carbonyl (C=O) groups is 1. The quantitative estimate of drug-likeness (QED) is 0.642. The molecule has 0 aliphatic heterocycles. The van der Waals surface area contributed by atoms with Gasteiger partial charge in [0, 0.05) is 16.5 Å². The van der Waals surface area contributed by atoms with E-state index in [0.717, 1.165) is 21.9 Å². The molecule has 3 aromatic rings. The first kappa shape index (κ1) is 19.7. The SMILES string of the molecule is COc1ccc(-c2nc(C(=O)NC(C)c3ccccc3OC)cs2)cc1OC.